The Balaban J connectivity index is 2.07. The molecule has 20 heavy (non-hydrogen) atoms. The summed E-state index contributed by atoms with van der Waals surface area (Å²) in [6.45, 7) is 5.52. The molecule has 1 N–H and O–H groups in total. The SMILES string of the molecule is CCCNC(C)c1ccn(Cc2cccc(F)c2F)c1. The fourth-order valence-corrected chi connectivity index (χ4v) is 2.16. The van der Waals surface area contributed by atoms with Crippen LogP contribution in [0.3, 0.4) is 0 Å². The molecule has 0 aliphatic carbocycles. The van der Waals surface area contributed by atoms with E-state index in [0.717, 1.165) is 24.6 Å². The predicted molar refractivity (Wildman–Crippen MR) is 76.6 cm³/mol. The number of aromatic nitrogens is 1. The average molecular weight is 278 g/mol. The average Bonchev–Trinajstić information content (AvgIpc) is 2.90. The van der Waals surface area contributed by atoms with E-state index in [9.17, 15) is 8.78 Å². The maximum Gasteiger partial charge on any atom is 0.163 e. The summed E-state index contributed by atoms with van der Waals surface area (Å²) in [6, 6.07) is 6.54. The van der Waals surface area contributed by atoms with Gasteiger partial charge in [-0.2, -0.15) is 0 Å². The first-order valence-electron chi connectivity index (χ1n) is 6.93. The molecule has 1 aromatic heterocycles. The number of rotatable bonds is 6. The van der Waals surface area contributed by atoms with Crippen LogP contribution in [0.5, 0.6) is 0 Å². The van der Waals surface area contributed by atoms with Crippen LogP contribution in [0.2, 0.25) is 0 Å². The Morgan fingerprint density at radius 2 is 2.05 bits per heavy atom. The molecule has 0 amide bonds. The Bertz CT molecular complexity index is 563. The van der Waals surface area contributed by atoms with Crippen molar-refractivity contribution in [3.63, 3.8) is 0 Å². The number of halogens is 2. The molecule has 1 unspecified atom stereocenters. The normalized spacial score (nSPS) is 12.6. The lowest BCUT2D eigenvalue weighted by Crippen LogP contribution is -2.18. The first-order chi connectivity index (χ1) is 9.61. The Morgan fingerprint density at radius 1 is 1.25 bits per heavy atom. The second-order valence-electron chi connectivity index (χ2n) is 5.01. The fraction of sp³-hybridized carbons (Fsp3) is 0.375. The van der Waals surface area contributed by atoms with Crippen molar-refractivity contribution in [2.45, 2.75) is 32.9 Å². The van der Waals surface area contributed by atoms with Crippen molar-refractivity contribution < 1.29 is 8.78 Å². The van der Waals surface area contributed by atoms with Gasteiger partial charge in [0.25, 0.3) is 0 Å². The van der Waals surface area contributed by atoms with Gasteiger partial charge in [0.05, 0.1) is 0 Å². The highest BCUT2D eigenvalue weighted by Gasteiger charge is 2.10. The highest BCUT2D eigenvalue weighted by molar-refractivity contribution is 5.21. The molecule has 4 heteroatoms. The molecular formula is C16H20F2N2. The van der Waals surface area contributed by atoms with Gasteiger partial charge in [0, 0.05) is 30.5 Å². The molecule has 1 atom stereocenters. The molecule has 2 rings (SSSR count). The van der Waals surface area contributed by atoms with Gasteiger partial charge >= 0.3 is 0 Å². The van der Waals surface area contributed by atoms with E-state index in [2.05, 4.69) is 19.2 Å². The molecule has 2 aromatic rings. The largest absolute Gasteiger partial charge is 0.349 e. The molecule has 1 aromatic carbocycles. The van der Waals surface area contributed by atoms with Crippen LogP contribution in [-0.4, -0.2) is 11.1 Å². The van der Waals surface area contributed by atoms with Crippen molar-refractivity contribution in [2.75, 3.05) is 6.54 Å². The summed E-state index contributed by atoms with van der Waals surface area (Å²) in [5, 5.41) is 3.40. The van der Waals surface area contributed by atoms with E-state index in [-0.39, 0.29) is 6.04 Å². The molecule has 0 aliphatic heterocycles. The van der Waals surface area contributed by atoms with E-state index in [1.807, 2.05) is 23.0 Å². The van der Waals surface area contributed by atoms with Crippen LogP contribution in [0.1, 0.15) is 37.4 Å². The van der Waals surface area contributed by atoms with Gasteiger partial charge in [-0.05, 0) is 37.6 Å². The Morgan fingerprint density at radius 3 is 2.80 bits per heavy atom. The maximum atomic E-state index is 13.6. The van der Waals surface area contributed by atoms with Crippen molar-refractivity contribution in [3.05, 3.63) is 59.4 Å². The van der Waals surface area contributed by atoms with Crippen molar-refractivity contribution in [3.8, 4) is 0 Å². The van der Waals surface area contributed by atoms with Crippen LogP contribution in [0, 0.1) is 11.6 Å². The third kappa shape index (κ3) is 3.45. The molecule has 2 nitrogen and oxygen atoms in total. The van der Waals surface area contributed by atoms with Crippen LogP contribution in [0.4, 0.5) is 8.78 Å². The van der Waals surface area contributed by atoms with Gasteiger partial charge in [0.2, 0.25) is 0 Å². The lowest BCUT2D eigenvalue weighted by atomic mass is 10.2. The van der Waals surface area contributed by atoms with Gasteiger partial charge in [-0.3, -0.25) is 0 Å². The molecule has 0 fully saturated rings. The van der Waals surface area contributed by atoms with Crippen molar-refractivity contribution in [1.29, 1.82) is 0 Å². The molecule has 0 radical (unpaired) electrons. The quantitative estimate of drug-likeness (QED) is 0.848. The third-order valence-corrected chi connectivity index (χ3v) is 3.36. The van der Waals surface area contributed by atoms with E-state index in [4.69, 9.17) is 0 Å². The number of nitrogens with one attached hydrogen (secondary N) is 1. The second-order valence-corrected chi connectivity index (χ2v) is 5.01. The van der Waals surface area contributed by atoms with E-state index in [1.165, 1.54) is 6.07 Å². The molecule has 0 spiro atoms. The molecule has 0 saturated carbocycles. The first-order valence-corrected chi connectivity index (χ1v) is 6.93. The zero-order valence-corrected chi connectivity index (χ0v) is 11.9. The van der Waals surface area contributed by atoms with E-state index >= 15 is 0 Å². The van der Waals surface area contributed by atoms with E-state index in [0.29, 0.717) is 12.1 Å². The highest BCUT2D eigenvalue weighted by atomic mass is 19.2. The van der Waals surface area contributed by atoms with Crippen LogP contribution in [-0.2, 0) is 6.54 Å². The number of hydrogen-bond acceptors (Lipinski definition) is 1. The van der Waals surface area contributed by atoms with Crippen molar-refractivity contribution >= 4 is 0 Å². The third-order valence-electron chi connectivity index (χ3n) is 3.36. The number of nitrogens with zero attached hydrogens (tertiary/aromatic N) is 1. The smallest absolute Gasteiger partial charge is 0.163 e. The minimum absolute atomic E-state index is 0.258. The number of benzene rings is 1. The summed E-state index contributed by atoms with van der Waals surface area (Å²) >= 11 is 0. The van der Waals surface area contributed by atoms with Gasteiger partial charge in [-0.15, -0.1) is 0 Å². The monoisotopic (exact) mass is 278 g/mol. The second kappa shape index (κ2) is 6.66. The van der Waals surface area contributed by atoms with Gasteiger partial charge in [0.15, 0.2) is 11.6 Å². The van der Waals surface area contributed by atoms with Crippen LogP contribution in [0.25, 0.3) is 0 Å². The molecule has 0 bridgehead atoms. The summed E-state index contributed by atoms with van der Waals surface area (Å²) in [5.41, 5.74) is 1.51. The lowest BCUT2D eigenvalue weighted by Gasteiger charge is -2.11. The number of hydrogen-bond donors (Lipinski definition) is 1. The van der Waals surface area contributed by atoms with Crippen LogP contribution in [0.15, 0.2) is 36.7 Å². The molecule has 0 aliphatic rings. The minimum Gasteiger partial charge on any atom is -0.349 e. The summed E-state index contributed by atoms with van der Waals surface area (Å²) in [6.07, 6.45) is 4.95. The van der Waals surface area contributed by atoms with Crippen LogP contribution >= 0.6 is 0 Å². The summed E-state index contributed by atoms with van der Waals surface area (Å²) in [7, 11) is 0. The van der Waals surface area contributed by atoms with Crippen molar-refractivity contribution in [2.24, 2.45) is 0 Å². The minimum atomic E-state index is -0.798. The van der Waals surface area contributed by atoms with Crippen LogP contribution < -0.4 is 5.32 Å². The van der Waals surface area contributed by atoms with E-state index in [1.54, 1.807) is 6.07 Å². The van der Waals surface area contributed by atoms with Gasteiger partial charge in [-0.1, -0.05) is 19.1 Å². The zero-order chi connectivity index (χ0) is 14.5. The summed E-state index contributed by atoms with van der Waals surface area (Å²) in [4.78, 5) is 0. The van der Waals surface area contributed by atoms with E-state index < -0.39 is 11.6 Å². The zero-order valence-electron chi connectivity index (χ0n) is 11.9. The maximum absolute atomic E-state index is 13.6. The predicted octanol–water partition coefficient (Wildman–Crippen LogP) is 3.88. The summed E-state index contributed by atoms with van der Waals surface area (Å²) < 4.78 is 28.7. The standard InChI is InChI=1S/C16H20F2N2/c1-3-8-19-12(2)13-7-9-20(10-13)11-14-5-4-6-15(17)16(14)18/h4-7,9-10,12,19H,3,8,11H2,1-2H3. The van der Waals surface area contributed by atoms with Gasteiger partial charge in [0.1, 0.15) is 0 Å². The Hall–Kier alpha value is -1.68. The fourth-order valence-electron chi connectivity index (χ4n) is 2.16. The Labute approximate surface area is 118 Å². The highest BCUT2D eigenvalue weighted by Crippen LogP contribution is 2.16. The van der Waals surface area contributed by atoms with Gasteiger partial charge in [-0.25, -0.2) is 8.78 Å². The molecule has 0 saturated heterocycles. The Kier molecular flexibility index (Phi) is 4.90. The van der Waals surface area contributed by atoms with Crippen molar-refractivity contribution in [1.82, 2.24) is 9.88 Å². The summed E-state index contributed by atoms with van der Waals surface area (Å²) in [5.74, 6) is -1.56. The molecule has 1 heterocycles. The van der Waals surface area contributed by atoms with Gasteiger partial charge < -0.3 is 9.88 Å². The molecule has 108 valence electrons. The first kappa shape index (κ1) is 14.7. The lowest BCUT2D eigenvalue weighted by molar-refractivity contribution is 0.495. The topological polar surface area (TPSA) is 17.0 Å². The molecular weight excluding hydrogens is 258 g/mol.